The summed E-state index contributed by atoms with van der Waals surface area (Å²) in [5, 5.41) is 7.43. The zero-order valence-electron chi connectivity index (χ0n) is 11.2. The Morgan fingerprint density at radius 3 is 2.75 bits per heavy atom. The zero-order chi connectivity index (χ0) is 14.9. The van der Waals surface area contributed by atoms with Crippen LogP contribution in [-0.2, 0) is 23.6 Å². The summed E-state index contributed by atoms with van der Waals surface area (Å²) in [6, 6.07) is 0. The largest absolute Gasteiger partial charge is 0.382 e. The van der Waals surface area contributed by atoms with Crippen molar-refractivity contribution in [2.75, 3.05) is 25.1 Å². The molecule has 0 spiro atoms. The molecule has 20 heavy (non-hydrogen) atoms. The molecular formula is C9H15N7O2S2. The molecule has 2 heterocycles. The van der Waals surface area contributed by atoms with Crippen LogP contribution in [0.25, 0.3) is 0 Å². The van der Waals surface area contributed by atoms with E-state index in [9.17, 15) is 8.42 Å². The van der Waals surface area contributed by atoms with Gasteiger partial charge >= 0.3 is 0 Å². The van der Waals surface area contributed by atoms with E-state index < -0.39 is 10.0 Å². The van der Waals surface area contributed by atoms with Crippen molar-refractivity contribution in [3.8, 4) is 0 Å². The first kappa shape index (κ1) is 14.7. The molecule has 0 fully saturated rings. The van der Waals surface area contributed by atoms with E-state index in [0.717, 1.165) is 15.8 Å². The van der Waals surface area contributed by atoms with Crippen LogP contribution in [0.2, 0.25) is 0 Å². The summed E-state index contributed by atoms with van der Waals surface area (Å²) in [7, 11) is 0.989. The molecule has 0 aromatic carbocycles. The van der Waals surface area contributed by atoms with Gasteiger partial charge in [-0.05, 0) is 11.5 Å². The highest BCUT2D eigenvalue weighted by Gasteiger charge is 2.27. The molecule has 0 bridgehead atoms. The number of nitrogens with two attached hydrogens (primary N) is 1. The number of aryl methyl sites for hydroxylation is 1. The van der Waals surface area contributed by atoms with E-state index in [1.807, 2.05) is 0 Å². The van der Waals surface area contributed by atoms with Crippen molar-refractivity contribution in [2.45, 2.75) is 11.4 Å². The molecule has 0 aliphatic heterocycles. The Bertz CT molecular complexity index is 704. The van der Waals surface area contributed by atoms with Crippen LogP contribution in [0.5, 0.6) is 0 Å². The Morgan fingerprint density at radius 1 is 1.50 bits per heavy atom. The fraction of sp³-hybridized carbons (Fsp3) is 0.444. The Kier molecular flexibility index (Phi) is 3.92. The molecular weight excluding hydrogens is 302 g/mol. The van der Waals surface area contributed by atoms with Crippen molar-refractivity contribution in [3.05, 3.63) is 12.2 Å². The average Bonchev–Trinajstić information content (AvgIpc) is 2.93. The predicted octanol–water partition coefficient (Wildman–Crippen LogP) is -0.284. The lowest BCUT2D eigenvalue weighted by atomic mass is 10.5. The Hall–Kier alpha value is -1.72. The van der Waals surface area contributed by atoms with Crippen LogP contribution < -0.4 is 11.1 Å². The average molecular weight is 317 g/mol. The van der Waals surface area contributed by atoms with Crippen LogP contribution in [0.3, 0.4) is 0 Å². The highest BCUT2D eigenvalue weighted by molar-refractivity contribution is 7.89. The van der Waals surface area contributed by atoms with Gasteiger partial charge in [0.1, 0.15) is 11.3 Å². The third-order valence-corrected chi connectivity index (χ3v) is 5.31. The smallest absolute Gasteiger partial charge is 0.249 e. The maximum absolute atomic E-state index is 12.2. The quantitative estimate of drug-likeness (QED) is 0.778. The van der Waals surface area contributed by atoms with Gasteiger partial charge in [-0.25, -0.2) is 17.7 Å². The number of anilines is 2. The summed E-state index contributed by atoms with van der Waals surface area (Å²) in [4.78, 5) is 4.04. The first-order valence-electron chi connectivity index (χ1n) is 5.58. The van der Waals surface area contributed by atoms with E-state index in [0.29, 0.717) is 17.4 Å². The molecule has 0 atom stereocenters. The number of rotatable bonds is 5. The highest BCUT2D eigenvalue weighted by atomic mass is 32.2. The minimum Gasteiger partial charge on any atom is -0.382 e. The zero-order valence-corrected chi connectivity index (χ0v) is 12.9. The highest BCUT2D eigenvalue weighted by Crippen LogP contribution is 2.33. The molecule has 2 rings (SSSR count). The van der Waals surface area contributed by atoms with Crippen molar-refractivity contribution in [3.63, 3.8) is 0 Å². The first-order chi connectivity index (χ1) is 9.32. The summed E-state index contributed by atoms with van der Waals surface area (Å²) < 4.78 is 30.9. The van der Waals surface area contributed by atoms with Gasteiger partial charge in [0, 0.05) is 21.1 Å². The van der Waals surface area contributed by atoms with Crippen molar-refractivity contribution in [1.82, 2.24) is 23.4 Å². The topological polar surface area (TPSA) is 119 Å². The Labute approximate surface area is 120 Å². The molecule has 0 aliphatic rings. The van der Waals surface area contributed by atoms with Gasteiger partial charge in [0.15, 0.2) is 16.5 Å². The van der Waals surface area contributed by atoms with Gasteiger partial charge in [-0.15, -0.1) is 0 Å². The number of nitrogens with zero attached hydrogens (tertiary/aromatic N) is 5. The van der Waals surface area contributed by atoms with Gasteiger partial charge in [0.25, 0.3) is 0 Å². The van der Waals surface area contributed by atoms with E-state index >= 15 is 0 Å². The lowest BCUT2D eigenvalue weighted by Gasteiger charge is -2.12. The van der Waals surface area contributed by atoms with Crippen molar-refractivity contribution < 1.29 is 8.42 Å². The van der Waals surface area contributed by atoms with Crippen LogP contribution in [0.1, 0.15) is 5.82 Å². The molecule has 2 aromatic rings. The van der Waals surface area contributed by atoms with Crippen LogP contribution in [-0.4, -0.2) is 46.0 Å². The minimum absolute atomic E-state index is 0.0107. The molecule has 110 valence electrons. The van der Waals surface area contributed by atoms with Crippen LogP contribution in [0, 0.1) is 0 Å². The fourth-order valence-electron chi connectivity index (χ4n) is 1.46. The summed E-state index contributed by atoms with van der Waals surface area (Å²) in [6.45, 7) is 0.290. The van der Waals surface area contributed by atoms with E-state index in [2.05, 4.69) is 19.8 Å². The number of hydrogen-bond donors (Lipinski definition) is 2. The molecule has 0 radical (unpaired) electrons. The third kappa shape index (κ3) is 2.73. The molecule has 0 saturated carbocycles. The van der Waals surface area contributed by atoms with Crippen LogP contribution in [0.15, 0.2) is 11.2 Å². The molecule has 3 N–H and O–H groups in total. The maximum Gasteiger partial charge on any atom is 0.249 e. The Morgan fingerprint density at radius 2 is 2.20 bits per heavy atom. The third-order valence-electron chi connectivity index (χ3n) is 2.47. The Balaban J connectivity index is 2.26. The lowest BCUT2D eigenvalue weighted by Crippen LogP contribution is -2.23. The van der Waals surface area contributed by atoms with Gasteiger partial charge in [-0.3, -0.25) is 4.68 Å². The molecule has 0 saturated heterocycles. The minimum atomic E-state index is -3.65. The SMILES string of the molecule is CN(C)S(=O)(=O)c1c(N)nsc1NCc1ncn(C)n1. The normalized spacial score (nSPS) is 12.0. The van der Waals surface area contributed by atoms with Crippen LogP contribution >= 0.6 is 11.5 Å². The molecule has 0 unspecified atom stereocenters. The van der Waals surface area contributed by atoms with Gasteiger partial charge in [-0.2, -0.15) is 9.47 Å². The maximum atomic E-state index is 12.2. The molecule has 0 amide bonds. The fourth-order valence-corrected chi connectivity index (χ4v) is 3.53. The van der Waals surface area contributed by atoms with E-state index in [1.54, 1.807) is 18.1 Å². The summed E-state index contributed by atoms with van der Waals surface area (Å²) in [6.07, 6.45) is 1.57. The second-order valence-electron chi connectivity index (χ2n) is 4.20. The molecule has 2 aromatic heterocycles. The van der Waals surface area contributed by atoms with Crippen molar-refractivity contribution >= 4 is 32.4 Å². The summed E-state index contributed by atoms with van der Waals surface area (Å²) >= 11 is 0.992. The summed E-state index contributed by atoms with van der Waals surface area (Å²) in [5.41, 5.74) is 5.66. The number of hydrogen-bond acceptors (Lipinski definition) is 8. The standard InChI is InChI=1S/C9H15N7O2S2/c1-15(2)20(17,18)7-8(10)14-19-9(7)11-4-6-12-5-16(3)13-6/h5,11H,4H2,1-3H3,(H2,10,14). The van der Waals surface area contributed by atoms with Gasteiger partial charge in [0.05, 0.1) is 6.54 Å². The second kappa shape index (κ2) is 5.34. The van der Waals surface area contributed by atoms with Crippen molar-refractivity contribution in [1.29, 1.82) is 0 Å². The predicted molar refractivity (Wildman–Crippen MR) is 75.7 cm³/mol. The number of nitrogens with one attached hydrogen (secondary N) is 1. The summed E-state index contributed by atoms with van der Waals surface area (Å²) in [5.74, 6) is 0.535. The number of aromatic nitrogens is 4. The van der Waals surface area contributed by atoms with Crippen LogP contribution in [0.4, 0.5) is 10.8 Å². The van der Waals surface area contributed by atoms with E-state index in [-0.39, 0.29) is 10.7 Å². The molecule has 9 nitrogen and oxygen atoms in total. The lowest BCUT2D eigenvalue weighted by molar-refractivity contribution is 0.521. The first-order valence-corrected chi connectivity index (χ1v) is 7.79. The van der Waals surface area contributed by atoms with Gasteiger partial charge < -0.3 is 11.1 Å². The molecule has 11 heteroatoms. The van der Waals surface area contributed by atoms with Crippen molar-refractivity contribution in [2.24, 2.45) is 7.05 Å². The second-order valence-corrected chi connectivity index (χ2v) is 7.06. The van der Waals surface area contributed by atoms with E-state index in [1.165, 1.54) is 14.1 Å². The number of nitrogen functional groups attached to an aromatic ring is 1. The monoisotopic (exact) mass is 317 g/mol. The number of sulfonamides is 1. The molecule has 0 aliphatic carbocycles. The van der Waals surface area contributed by atoms with Gasteiger partial charge in [-0.1, -0.05) is 0 Å². The van der Waals surface area contributed by atoms with Gasteiger partial charge in [0.2, 0.25) is 10.0 Å². The van der Waals surface area contributed by atoms with E-state index in [4.69, 9.17) is 5.73 Å².